The van der Waals surface area contributed by atoms with E-state index in [1.165, 1.54) is 42.4 Å². The first-order chi connectivity index (χ1) is 13.0. The van der Waals surface area contributed by atoms with Crippen molar-refractivity contribution in [3.8, 4) is 17.1 Å². The zero-order valence-electron chi connectivity index (χ0n) is 16.6. The number of fused-ring (bicyclic) bond motifs is 1. The van der Waals surface area contributed by atoms with Gasteiger partial charge in [-0.15, -0.1) is 0 Å². The van der Waals surface area contributed by atoms with Gasteiger partial charge in [0.1, 0.15) is 17.0 Å². The highest BCUT2D eigenvalue weighted by molar-refractivity contribution is 5.92. The molecule has 0 spiro atoms. The molecule has 0 atom stereocenters. The molecule has 0 aliphatic heterocycles. The Morgan fingerprint density at radius 1 is 1.04 bits per heavy atom. The summed E-state index contributed by atoms with van der Waals surface area (Å²) in [6.45, 7) is 8.83. The first-order valence-corrected chi connectivity index (χ1v) is 9.88. The van der Waals surface area contributed by atoms with Gasteiger partial charge < -0.3 is 9.26 Å². The highest BCUT2D eigenvalue weighted by Crippen LogP contribution is 2.36. The quantitative estimate of drug-likeness (QED) is 0.519. The summed E-state index contributed by atoms with van der Waals surface area (Å²) in [7, 11) is 0. The number of hydrogen-bond acceptors (Lipinski definition) is 5. The van der Waals surface area contributed by atoms with E-state index in [1.54, 1.807) is 0 Å². The van der Waals surface area contributed by atoms with Crippen LogP contribution in [0.15, 0.2) is 16.7 Å². The maximum atomic E-state index is 5.95. The van der Waals surface area contributed by atoms with E-state index in [2.05, 4.69) is 48.0 Å². The van der Waals surface area contributed by atoms with Crippen molar-refractivity contribution in [3.05, 3.63) is 34.6 Å². The van der Waals surface area contributed by atoms with Crippen LogP contribution in [0.3, 0.4) is 0 Å². The lowest BCUT2D eigenvalue weighted by atomic mass is 9.97. The third kappa shape index (κ3) is 3.82. The Kier molecular flexibility index (Phi) is 4.85. The second-order valence-corrected chi connectivity index (χ2v) is 7.85. The van der Waals surface area contributed by atoms with Gasteiger partial charge in [-0.2, -0.15) is 4.98 Å². The molecular formula is C22H27N3O2. The van der Waals surface area contributed by atoms with Gasteiger partial charge in [-0.05, 0) is 57.6 Å². The van der Waals surface area contributed by atoms with E-state index in [1.807, 2.05) is 6.92 Å². The summed E-state index contributed by atoms with van der Waals surface area (Å²) in [6, 6.07) is 4.32. The lowest BCUT2D eigenvalue weighted by molar-refractivity contribution is 0.288. The summed E-state index contributed by atoms with van der Waals surface area (Å²) in [5.74, 6) is 2.14. The predicted molar refractivity (Wildman–Crippen MR) is 106 cm³/mol. The molecule has 3 aromatic rings. The first kappa shape index (κ1) is 18.0. The standard InChI is InChI=1S/C22H27N3O2/c1-13-11-14(2)18(15(3)12-13)19-20-21(27-25-19)22(24-16(4)23-20)26-10-6-5-7-17-8-9-17/h11-12,17H,5-10H2,1-4H3. The number of rotatable bonds is 7. The van der Waals surface area contributed by atoms with Crippen molar-refractivity contribution in [2.75, 3.05) is 6.61 Å². The summed E-state index contributed by atoms with van der Waals surface area (Å²) < 4.78 is 11.6. The molecule has 4 rings (SSSR count). The summed E-state index contributed by atoms with van der Waals surface area (Å²) in [5, 5.41) is 4.34. The number of unbranched alkanes of at least 4 members (excludes halogenated alkanes) is 1. The lowest BCUT2D eigenvalue weighted by Crippen LogP contribution is -2.02. The molecule has 1 fully saturated rings. The van der Waals surface area contributed by atoms with Crippen molar-refractivity contribution < 1.29 is 9.26 Å². The Balaban J connectivity index is 1.62. The number of aryl methyl sites for hydroxylation is 4. The van der Waals surface area contributed by atoms with E-state index >= 15 is 0 Å². The smallest absolute Gasteiger partial charge is 0.264 e. The second-order valence-electron chi connectivity index (χ2n) is 7.85. The molecular weight excluding hydrogens is 338 g/mol. The fourth-order valence-electron chi connectivity index (χ4n) is 3.84. The third-order valence-electron chi connectivity index (χ3n) is 5.26. The van der Waals surface area contributed by atoms with Gasteiger partial charge in [-0.3, -0.25) is 0 Å². The highest BCUT2D eigenvalue weighted by Gasteiger charge is 2.22. The maximum absolute atomic E-state index is 5.95. The van der Waals surface area contributed by atoms with Crippen LogP contribution in [0.5, 0.6) is 5.88 Å². The number of nitrogens with zero attached hydrogens (tertiary/aromatic N) is 3. The summed E-state index contributed by atoms with van der Waals surface area (Å²) in [5.41, 5.74) is 6.69. The van der Waals surface area contributed by atoms with E-state index in [0.29, 0.717) is 23.9 Å². The molecule has 2 aromatic heterocycles. The van der Waals surface area contributed by atoms with Gasteiger partial charge in [0.15, 0.2) is 0 Å². The third-order valence-corrected chi connectivity index (χ3v) is 5.26. The topological polar surface area (TPSA) is 61.0 Å². The fourth-order valence-corrected chi connectivity index (χ4v) is 3.84. The van der Waals surface area contributed by atoms with E-state index in [4.69, 9.17) is 9.26 Å². The molecule has 5 heteroatoms. The van der Waals surface area contributed by atoms with Crippen LogP contribution in [0, 0.1) is 33.6 Å². The van der Waals surface area contributed by atoms with Crippen LogP contribution in [-0.2, 0) is 0 Å². The average Bonchev–Trinajstić information content (AvgIpc) is 3.33. The number of ether oxygens (including phenoxy) is 1. The Morgan fingerprint density at radius 2 is 1.78 bits per heavy atom. The Bertz CT molecular complexity index is 950. The monoisotopic (exact) mass is 365 g/mol. The van der Waals surface area contributed by atoms with Gasteiger partial charge in [0.05, 0.1) is 6.61 Å². The van der Waals surface area contributed by atoms with Crippen LogP contribution in [-0.4, -0.2) is 21.7 Å². The Morgan fingerprint density at radius 3 is 2.48 bits per heavy atom. The lowest BCUT2D eigenvalue weighted by Gasteiger charge is -2.09. The van der Waals surface area contributed by atoms with Crippen molar-refractivity contribution in [1.82, 2.24) is 15.1 Å². The van der Waals surface area contributed by atoms with Crippen LogP contribution >= 0.6 is 0 Å². The Hall–Kier alpha value is -2.43. The summed E-state index contributed by atoms with van der Waals surface area (Å²) in [6.07, 6.45) is 6.38. The van der Waals surface area contributed by atoms with E-state index in [-0.39, 0.29) is 0 Å². The highest BCUT2D eigenvalue weighted by atomic mass is 16.5. The van der Waals surface area contributed by atoms with Crippen LogP contribution in [0.4, 0.5) is 0 Å². The minimum Gasteiger partial charge on any atom is -0.475 e. The van der Waals surface area contributed by atoms with Crippen LogP contribution < -0.4 is 4.74 Å². The SMILES string of the molecule is Cc1cc(C)c(-c2noc3c(OCCCCC4CC4)nc(C)nc23)c(C)c1. The molecule has 0 N–H and O–H groups in total. The first-order valence-electron chi connectivity index (χ1n) is 9.88. The van der Waals surface area contributed by atoms with Crippen molar-refractivity contribution in [2.24, 2.45) is 5.92 Å². The molecule has 2 heterocycles. The van der Waals surface area contributed by atoms with Gasteiger partial charge in [-0.25, -0.2) is 4.98 Å². The largest absolute Gasteiger partial charge is 0.475 e. The van der Waals surface area contributed by atoms with Gasteiger partial charge in [0.25, 0.3) is 5.88 Å². The van der Waals surface area contributed by atoms with Gasteiger partial charge in [0.2, 0.25) is 5.58 Å². The zero-order valence-corrected chi connectivity index (χ0v) is 16.6. The van der Waals surface area contributed by atoms with Crippen LogP contribution in [0.25, 0.3) is 22.4 Å². The molecule has 27 heavy (non-hydrogen) atoms. The molecule has 1 saturated carbocycles. The molecule has 1 aromatic carbocycles. The maximum Gasteiger partial charge on any atom is 0.264 e. The summed E-state index contributed by atoms with van der Waals surface area (Å²) in [4.78, 5) is 9.05. The summed E-state index contributed by atoms with van der Waals surface area (Å²) >= 11 is 0. The van der Waals surface area contributed by atoms with E-state index in [0.717, 1.165) is 29.1 Å². The number of benzene rings is 1. The molecule has 142 valence electrons. The average molecular weight is 365 g/mol. The van der Waals surface area contributed by atoms with Crippen molar-refractivity contribution in [2.45, 2.75) is 59.8 Å². The van der Waals surface area contributed by atoms with Crippen molar-refractivity contribution in [1.29, 1.82) is 0 Å². The second kappa shape index (κ2) is 7.29. The van der Waals surface area contributed by atoms with E-state index in [9.17, 15) is 0 Å². The van der Waals surface area contributed by atoms with Crippen LogP contribution in [0.1, 0.15) is 54.6 Å². The molecule has 0 bridgehead atoms. The van der Waals surface area contributed by atoms with Gasteiger partial charge in [0, 0.05) is 5.56 Å². The molecule has 0 radical (unpaired) electrons. The molecule has 0 saturated heterocycles. The number of aromatic nitrogens is 3. The van der Waals surface area contributed by atoms with E-state index < -0.39 is 0 Å². The number of hydrogen-bond donors (Lipinski definition) is 0. The molecule has 0 amide bonds. The minimum atomic E-state index is 0.505. The fraction of sp³-hybridized carbons (Fsp3) is 0.500. The molecule has 1 aliphatic rings. The normalized spacial score (nSPS) is 14.1. The van der Waals surface area contributed by atoms with Crippen molar-refractivity contribution in [3.63, 3.8) is 0 Å². The zero-order chi connectivity index (χ0) is 19.0. The molecule has 5 nitrogen and oxygen atoms in total. The van der Waals surface area contributed by atoms with Crippen molar-refractivity contribution >= 4 is 11.1 Å². The van der Waals surface area contributed by atoms with Crippen LogP contribution in [0.2, 0.25) is 0 Å². The predicted octanol–water partition coefficient (Wildman–Crippen LogP) is 5.48. The minimum absolute atomic E-state index is 0.505. The molecule has 1 aliphatic carbocycles. The Labute approximate surface area is 160 Å². The van der Waals surface area contributed by atoms with Gasteiger partial charge in [-0.1, -0.05) is 42.1 Å². The van der Waals surface area contributed by atoms with Gasteiger partial charge >= 0.3 is 0 Å². The molecule has 0 unspecified atom stereocenters.